The maximum atomic E-state index is 11.7. The van der Waals surface area contributed by atoms with Crippen molar-refractivity contribution in [2.75, 3.05) is 0 Å². The van der Waals surface area contributed by atoms with Gasteiger partial charge in [0, 0.05) is 6.04 Å². The molecule has 0 spiro atoms. The summed E-state index contributed by atoms with van der Waals surface area (Å²) in [4.78, 5) is 22.6. The van der Waals surface area contributed by atoms with Crippen LogP contribution in [0.4, 0.5) is 4.79 Å². The zero-order chi connectivity index (χ0) is 13.2. The van der Waals surface area contributed by atoms with Gasteiger partial charge in [0.1, 0.15) is 6.04 Å². The van der Waals surface area contributed by atoms with Crippen LogP contribution in [0.1, 0.15) is 40.5 Å². The second kappa shape index (κ2) is 4.94. The Bertz CT molecular complexity index is 305. The fourth-order valence-electron chi connectivity index (χ4n) is 1.41. The van der Waals surface area contributed by atoms with Crippen LogP contribution in [0.15, 0.2) is 0 Å². The number of carboxylic acid groups (broad SMARTS) is 1. The Kier molecular flexibility index (Phi) is 4.01. The van der Waals surface area contributed by atoms with Crippen LogP contribution in [0.25, 0.3) is 0 Å². The van der Waals surface area contributed by atoms with Gasteiger partial charge < -0.3 is 15.7 Å². The summed E-state index contributed by atoms with van der Waals surface area (Å²) in [6, 6.07) is -1.16. The number of carbonyl (C=O) groups excluding carboxylic acids is 1. The molecule has 3 N–H and O–H groups in total. The largest absolute Gasteiger partial charge is 0.480 e. The van der Waals surface area contributed by atoms with Crippen LogP contribution in [-0.4, -0.2) is 29.2 Å². The molecule has 2 amide bonds. The predicted molar refractivity (Wildman–Crippen MR) is 64.7 cm³/mol. The third-order valence-corrected chi connectivity index (χ3v) is 3.29. The molecule has 0 heterocycles. The molecule has 0 bridgehead atoms. The van der Waals surface area contributed by atoms with Gasteiger partial charge in [0.05, 0.1) is 0 Å². The lowest BCUT2D eigenvalue weighted by Gasteiger charge is -2.28. The topological polar surface area (TPSA) is 78.4 Å². The fraction of sp³-hybridized carbons (Fsp3) is 0.833. The van der Waals surface area contributed by atoms with E-state index in [0.717, 1.165) is 12.8 Å². The van der Waals surface area contributed by atoms with Crippen molar-refractivity contribution in [2.24, 2.45) is 11.3 Å². The van der Waals surface area contributed by atoms with Gasteiger partial charge in [-0.05, 0) is 31.1 Å². The number of rotatable bonds is 4. The maximum Gasteiger partial charge on any atom is 0.326 e. The van der Waals surface area contributed by atoms with Crippen molar-refractivity contribution in [2.45, 2.75) is 52.6 Å². The molecule has 0 aromatic carbocycles. The molecule has 0 aliphatic heterocycles. The predicted octanol–water partition coefficient (Wildman–Crippen LogP) is 1.58. The molecule has 2 atom stereocenters. The number of amides is 2. The van der Waals surface area contributed by atoms with Gasteiger partial charge in [-0.15, -0.1) is 0 Å². The van der Waals surface area contributed by atoms with Crippen LogP contribution in [0.5, 0.6) is 0 Å². The van der Waals surface area contributed by atoms with Crippen LogP contribution in [0.2, 0.25) is 0 Å². The van der Waals surface area contributed by atoms with Crippen LogP contribution < -0.4 is 10.6 Å². The van der Waals surface area contributed by atoms with Crippen molar-refractivity contribution in [3.8, 4) is 0 Å². The number of carboxylic acids is 1. The lowest BCUT2D eigenvalue weighted by molar-refractivity contribution is -0.139. The first-order chi connectivity index (χ1) is 7.71. The van der Waals surface area contributed by atoms with Gasteiger partial charge in [0.2, 0.25) is 0 Å². The maximum absolute atomic E-state index is 11.7. The molecule has 1 aliphatic carbocycles. The van der Waals surface area contributed by atoms with E-state index in [-0.39, 0.29) is 17.4 Å². The van der Waals surface area contributed by atoms with Gasteiger partial charge in [-0.25, -0.2) is 9.59 Å². The molecule has 0 saturated heterocycles. The average Bonchev–Trinajstić information content (AvgIpc) is 2.95. The number of hydrogen-bond acceptors (Lipinski definition) is 2. The molecule has 1 rings (SSSR count). The highest BCUT2D eigenvalue weighted by atomic mass is 16.4. The van der Waals surface area contributed by atoms with E-state index >= 15 is 0 Å². The molecule has 1 fully saturated rings. The zero-order valence-electron chi connectivity index (χ0n) is 10.9. The van der Waals surface area contributed by atoms with E-state index in [0.29, 0.717) is 0 Å². The van der Waals surface area contributed by atoms with Gasteiger partial charge in [0.25, 0.3) is 0 Å². The Morgan fingerprint density at radius 1 is 1.24 bits per heavy atom. The molecular formula is C12H22N2O3. The van der Waals surface area contributed by atoms with Crippen molar-refractivity contribution in [3.05, 3.63) is 0 Å². The van der Waals surface area contributed by atoms with Gasteiger partial charge in [-0.3, -0.25) is 0 Å². The minimum atomic E-state index is -0.953. The van der Waals surface area contributed by atoms with E-state index in [2.05, 4.69) is 10.6 Å². The number of urea groups is 1. The summed E-state index contributed by atoms with van der Waals surface area (Å²) >= 11 is 0. The Morgan fingerprint density at radius 2 is 1.76 bits per heavy atom. The molecule has 5 nitrogen and oxygen atoms in total. The van der Waals surface area contributed by atoms with E-state index in [9.17, 15) is 9.59 Å². The molecule has 0 aromatic heterocycles. The third-order valence-electron chi connectivity index (χ3n) is 3.29. The molecule has 0 aromatic rings. The third kappa shape index (κ3) is 4.24. The molecule has 98 valence electrons. The van der Waals surface area contributed by atoms with E-state index < -0.39 is 18.0 Å². The lowest BCUT2D eigenvalue weighted by Crippen LogP contribution is -2.51. The minimum absolute atomic E-state index is 0.0175. The quantitative estimate of drug-likeness (QED) is 0.700. The lowest BCUT2D eigenvalue weighted by atomic mass is 9.88. The first kappa shape index (κ1) is 13.8. The smallest absolute Gasteiger partial charge is 0.326 e. The normalized spacial score (nSPS) is 19.3. The molecule has 17 heavy (non-hydrogen) atoms. The fourth-order valence-corrected chi connectivity index (χ4v) is 1.41. The SMILES string of the molecule is CC(NC(=O)NC(C(=O)O)C1CC1)C(C)(C)C. The minimum Gasteiger partial charge on any atom is -0.480 e. The summed E-state index contributed by atoms with van der Waals surface area (Å²) in [6.45, 7) is 7.97. The standard InChI is InChI=1S/C12H22N2O3/c1-7(12(2,3)4)13-11(17)14-9(10(15)16)8-5-6-8/h7-9H,5-6H2,1-4H3,(H,15,16)(H2,13,14,17). The van der Waals surface area contributed by atoms with Crippen molar-refractivity contribution in [3.63, 3.8) is 0 Å². The molecule has 2 unspecified atom stereocenters. The van der Waals surface area contributed by atoms with Crippen molar-refractivity contribution in [1.29, 1.82) is 0 Å². The van der Waals surface area contributed by atoms with Crippen LogP contribution in [0.3, 0.4) is 0 Å². The molecular weight excluding hydrogens is 220 g/mol. The first-order valence-electron chi connectivity index (χ1n) is 6.01. The monoisotopic (exact) mass is 242 g/mol. The van der Waals surface area contributed by atoms with E-state index in [4.69, 9.17) is 5.11 Å². The summed E-state index contributed by atoms with van der Waals surface area (Å²) in [5.74, 6) is -0.853. The highest BCUT2D eigenvalue weighted by Crippen LogP contribution is 2.32. The number of hydrogen-bond donors (Lipinski definition) is 3. The van der Waals surface area contributed by atoms with Gasteiger partial charge in [0.15, 0.2) is 0 Å². The summed E-state index contributed by atoms with van der Waals surface area (Å²) in [5, 5.41) is 14.3. The van der Waals surface area contributed by atoms with Crippen molar-refractivity contribution in [1.82, 2.24) is 10.6 Å². The van der Waals surface area contributed by atoms with Crippen molar-refractivity contribution < 1.29 is 14.7 Å². The van der Waals surface area contributed by atoms with Gasteiger partial charge in [-0.1, -0.05) is 20.8 Å². The Morgan fingerprint density at radius 3 is 2.12 bits per heavy atom. The highest BCUT2D eigenvalue weighted by molar-refractivity contribution is 5.83. The summed E-state index contributed by atoms with van der Waals surface area (Å²) < 4.78 is 0. The Hall–Kier alpha value is -1.26. The van der Waals surface area contributed by atoms with Gasteiger partial charge in [-0.2, -0.15) is 0 Å². The number of carbonyl (C=O) groups is 2. The molecule has 5 heteroatoms. The Labute approximate surface area is 102 Å². The van der Waals surface area contributed by atoms with E-state index in [1.165, 1.54) is 0 Å². The van der Waals surface area contributed by atoms with E-state index in [1.54, 1.807) is 0 Å². The summed E-state index contributed by atoms with van der Waals surface area (Å²) in [7, 11) is 0. The van der Waals surface area contributed by atoms with E-state index in [1.807, 2.05) is 27.7 Å². The second-order valence-corrected chi connectivity index (χ2v) is 5.86. The van der Waals surface area contributed by atoms with Crippen LogP contribution in [-0.2, 0) is 4.79 Å². The Balaban J connectivity index is 2.45. The van der Waals surface area contributed by atoms with Crippen molar-refractivity contribution >= 4 is 12.0 Å². The highest BCUT2D eigenvalue weighted by Gasteiger charge is 2.37. The first-order valence-corrected chi connectivity index (χ1v) is 6.01. The van der Waals surface area contributed by atoms with Gasteiger partial charge >= 0.3 is 12.0 Å². The number of aliphatic carboxylic acids is 1. The molecule has 0 radical (unpaired) electrons. The van der Waals surface area contributed by atoms with Crippen LogP contribution in [0, 0.1) is 11.3 Å². The zero-order valence-corrected chi connectivity index (χ0v) is 10.9. The summed E-state index contributed by atoms with van der Waals surface area (Å²) in [6.07, 6.45) is 1.76. The average molecular weight is 242 g/mol. The molecule has 1 aliphatic rings. The second-order valence-electron chi connectivity index (χ2n) is 5.86. The number of nitrogens with one attached hydrogen (secondary N) is 2. The van der Waals surface area contributed by atoms with Crippen LogP contribution >= 0.6 is 0 Å². The molecule has 1 saturated carbocycles. The summed E-state index contributed by atoms with van der Waals surface area (Å²) in [5.41, 5.74) is -0.0460.